The van der Waals surface area contributed by atoms with Crippen LogP contribution in [0.4, 0.5) is 11.4 Å². The zero-order valence-electron chi connectivity index (χ0n) is 34.4. The van der Waals surface area contributed by atoms with Crippen LogP contribution in [0.15, 0.2) is 140 Å². The van der Waals surface area contributed by atoms with Crippen LogP contribution in [0.25, 0.3) is 44.1 Å². The Kier molecular flexibility index (Phi) is 8.09. The van der Waals surface area contributed by atoms with Crippen LogP contribution in [0.5, 0.6) is 11.5 Å². The molecule has 6 aromatic carbocycles. The maximum absolute atomic E-state index is 14.9. The molecule has 61 heavy (non-hydrogen) atoms. The molecule has 13 rings (SSSR count). The van der Waals surface area contributed by atoms with Gasteiger partial charge in [0.05, 0.1) is 11.4 Å². The van der Waals surface area contributed by atoms with Gasteiger partial charge in [-0.25, -0.2) is 0 Å². The topological polar surface area (TPSA) is 62.4 Å². The maximum Gasteiger partial charge on any atom is 0.151 e. The molecule has 5 nitrogen and oxygen atoms in total. The molecule has 5 aliphatic carbocycles. The Balaban J connectivity index is 0.815. The minimum Gasteiger partial charge on any atom is -0.453 e. The van der Waals surface area contributed by atoms with Crippen LogP contribution in [-0.4, -0.2) is 22.6 Å². The second-order valence-electron chi connectivity index (χ2n) is 19.3. The summed E-state index contributed by atoms with van der Waals surface area (Å²) in [5, 5.41) is 2.56. The number of aromatic amines is 1. The standard InChI is InChI=1S/C56H50N2O3/c59-55-42-21-16-34(35-15-20-40-39-13-7-8-14-47(39)57-48(40)28-35)27-45(42)54-44(55)24-23-43-53(54)41-22-19-38(31-46(41)56(43)60)58-49-25-17-36(32-9-3-1-4-10-32)29-51(49)61-52-30-37(18-26-50(52)58)33-11-5-2-6-12-33/h1-15,17-18,20,25-26,28-30,34,38,41-46,53-54,57H,16,19,21-24,27,31H2. The van der Waals surface area contributed by atoms with E-state index >= 15 is 0 Å². The second kappa shape index (κ2) is 13.8. The lowest BCUT2D eigenvalue weighted by Gasteiger charge is -2.46. The van der Waals surface area contributed by atoms with Gasteiger partial charge in [0.1, 0.15) is 11.6 Å². The van der Waals surface area contributed by atoms with Gasteiger partial charge in [-0.15, -0.1) is 0 Å². The summed E-state index contributed by atoms with van der Waals surface area (Å²) in [6.45, 7) is 0. The third-order valence-electron chi connectivity index (χ3n) is 16.6. The average molecular weight is 799 g/mol. The van der Waals surface area contributed by atoms with Crippen LogP contribution >= 0.6 is 0 Å². The molecule has 7 aromatic rings. The fraction of sp³-hybridized carbons (Fsp3) is 0.321. The van der Waals surface area contributed by atoms with E-state index in [0.29, 0.717) is 41.2 Å². The van der Waals surface area contributed by atoms with Crippen LogP contribution < -0.4 is 9.64 Å². The van der Waals surface area contributed by atoms with Crippen molar-refractivity contribution in [1.29, 1.82) is 0 Å². The van der Waals surface area contributed by atoms with Crippen molar-refractivity contribution in [3.05, 3.63) is 145 Å². The first-order chi connectivity index (χ1) is 30.1. The number of H-pyrrole nitrogens is 1. The Morgan fingerprint density at radius 3 is 1.79 bits per heavy atom. The van der Waals surface area contributed by atoms with E-state index in [1.807, 2.05) is 0 Å². The summed E-state index contributed by atoms with van der Waals surface area (Å²) >= 11 is 0. The van der Waals surface area contributed by atoms with Crippen LogP contribution in [0.2, 0.25) is 0 Å². The molecule has 0 radical (unpaired) electrons. The Morgan fingerprint density at radius 1 is 0.475 bits per heavy atom. The Bertz CT molecular complexity index is 2790. The van der Waals surface area contributed by atoms with Gasteiger partial charge < -0.3 is 14.6 Å². The highest BCUT2D eigenvalue weighted by atomic mass is 16.5. The predicted octanol–water partition coefficient (Wildman–Crippen LogP) is 13.3. The molecule has 5 fully saturated rings. The number of aromatic nitrogens is 1. The molecule has 1 N–H and O–H groups in total. The highest BCUT2D eigenvalue weighted by molar-refractivity contribution is 6.07. The van der Waals surface area contributed by atoms with Gasteiger partial charge in [0, 0.05) is 51.5 Å². The number of benzene rings is 6. The summed E-state index contributed by atoms with van der Waals surface area (Å²) in [5.41, 5.74) is 10.5. The van der Waals surface area contributed by atoms with Crippen molar-refractivity contribution in [3.8, 4) is 33.8 Å². The first kappa shape index (κ1) is 35.8. The zero-order valence-corrected chi connectivity index (χ0v) is 34.4. The normalized spacial score (nSPS) is 29.9. The van der Waals surface area contributed by atoms with Crippen LogP contribution in [0.3, 0.4) is 0 Å². The van der Waals surface area contributed by atoms with E-state index in [2.05, 4.69) is 149 Å². The van der Waals surface area contributed by atoms with Gasteiger partial charge in [-0.2, -0.15) is 0 Å². The fourth-order valence-corrected chi connectivity index (χ4v) is 14.1. The van der Waals surface area contributed by atoms with Gasteiger partial charge in [-0.3, -0.25) is 9.59 Å². The zero-order chi connectivity index (χ0) is 40.3. The van der Waals surface area contributed by atoms with Crippen LogP contribution in [-0.2, 0) is 9.59 Å². The molecule has 10 unspecified atom stereocenters. The number of fused-ring (bicyclic) bond motifs is 12. The van der Waals surface area contributed by atoms with Gasteiger partial charge in [0.15, 0.2) is 11.5 Å². The lowest BCUT2D eigenvalue weighted by molar-refractivity contribution is -0.129. The summed E-state index contributed by atoms with van der Waals surface area (Å²) in [6.07, 6.45) is 7.81. The summed E-state index contributed by atoms with van der Waals surface area (Å²) in [7, 11) is 0. The van der Waals surface area contributed by atoms with E-state index in [1.54, 1.807) is 0 Å². The van der Waals surface area contributed by atoms with E-state index < -0.39 is 0 Å². The largest absolute Gasteiger partial charge is 0.453 e. The van der Waals surface area contributed by atoms with Crippen molar-refractivity contribution >= 4 is 44.7 Å². The minimum atomic E-state index is 0.0346. The molecule has 0 saturated heterocycles. The SMILES string of the molecule is O=C1C2CC(N3c4ccc(-c5ccccc5)cc4Oc4cc(-c5ccccc5)ccc43)CCC2C2C1CCC1C(=O)C3CCC(c4ccc5c(c4)[nH]c4ccccc45)CC3C12. The van der Waals surface area contributed by atoms with Gasteiger partial charge in [-0.1, -0.05) is 103 Å². The number of nitrogens with zero attached hydrogens (tertiary/aromatic N) is 1. The summed E-state index contributed by atoms with van der Waals surface area (Å²) in [5.74, 6) is 5.03. The molecule has 2 heterocycles. The molecule has 5 heteroatoms. The third-order valence-corrected chi connectivity index (χ3v) is 16.6. The van der Waals surface area contributed by atoms with Crippen molar-refractivity contribution in [2.75, 3.05) is 4.90 Å². The molecular formula is C56H50N2O3. The minimum absolute atomic E-state index is 0.0346. The van der Waals surface area contributed by atoms with Crippen molar-refractivity contribution in [2.45, 2.75) is 63.3 Å². The smallest absolute Gasteiger partial charge is 0.151 e. The molecule has 5 saturated carbocycles. The highest BCUT2D eigenvalue weighted by Gasteiger charge is 2.64. The number of hydrogen-bond acceptors (Lipinski definition) is 4. The van der Waals surface area contributed by atoms with Crippen molar-refractivity contribution in [2.24, 2.45) is 47.3 Å². The molecule has 302 valence electrons. The van der Waals surface area contributed by atoms with E-state index in [-0.39, 0.29) is 29.7 Å². The number of Topliss-reactive ketones (excluding diaryl/α,β-unsaturated/α-hetero) is 2. The number of ether oxygens (including phenoxy) is 1. The number of carbonyl (C=O) groups excluding carboxylic acids is 2. The van der Waals surface area contributed by atoms with Crippen LogP contribution in [0, 0.1) is 47.3 Å². The molecular weight excluding hydrogens is 749 g/mol. The lowest BCUT2D eigenvalue weighted by Crippen LogP contribution is -2.42. The van der Waals surface area contributed by atoms with Gasteiger partial charge in [-0.05, 0) is 145 Å². The molecule has 6 aliphatic rings. The molecule has 0 spiro atoms. The average Bonchev–Trinajstić information content (AvgIpc) is 3.94. The summed E-state index contributed by atoms with van der Waals surface area (Å²) in [4.78, 5) is 35.4. The molecule has 0 bridgehead atoms. The molecule has 10 atom stereocenters. The highest BCUT2D eigenvalue weighted by Crippen LogP contribution is 2.65. The first-order valence-corrected chi connectivity index (χ1v) is 23.0. The van der Waals surface area contributed by atoms with E-state index in [4.69, 9.17) is 4.74 Å². The molecule has 1 aliphatic heterocycles. The van der Waals surface area contributed by atoms with E-state index in [1.165, 1.54) is 27.4 Å². The van der Waals surface area contributed by atoms with E-state index in [0.717, 1.165) is 96.5 Å². The second-order valence-corrected chi connectivity index (χ2v) is 19.3. The first-order valence-electron chi connectivity index (χ1n) is 23.0. The monoisotopic (exact) mass is 798 g/mol. The number of nitrogens with one attached hydrogen (secondary N) is 1. The van der Waals surface area contributed by atoms with Crippen LogP contribution in [0.1, 0.15) is 62.8 Å². The number of para-hydroxylation sites is 1. The fourth-order valence-electron chi connectivity index (χ4n) is 14.1. The third kappa shape index (κ3) is 5.51. The van der Waals surface area contributed by atoms with Gasteiger partial charge in [0.25, 0.3) is 0 Å². The number of anilines is 2. The summed E-state index contributed by atoms with van der Waals surface area (Å²) in [6, 6.07) is 50.1. The molecule has 1 aromatic heterocycles. The van der Waals surface area contributed by atoms with E-state index in [9.17, 15) is 9.59 Å². The van der Waals surface area contributed by atoms with Gasteiger partial charge in [0.2, 0.25) is 0 Å². The summed E-state index contributed by atoms with van der Waals surface area (Å²) < 4.78 is 6.85. The van der Waals surface area contributed by atoms with Crippen molar-refractivity contribution < 1.29 is 14.3 Å². The lowest BCUT2D eigenvalue weighted by atomic mass is 9.60. The van der Waals surface area contributed by atoms with Crippen molar-refractivity contribution in [1.82, 2.24) is 4.98 Å². The maximum atomic E-state index is 14.9. The Morgan fingerprint density at radius 2 is 1.08 bits per heavy atom. The van der Waals surface area contributed by atoms with Crippen molar-refractivity contribution in [3.63, 3.8) is 0 Å². The number of carbonyl (C=O) groups is 2. The Labute approximate surface area is 357 Å². The Hall–Kier alpha value is -5.94. The molecule has 0 amide bonds. The predicted molar refractivity (Wildman–Crippen MR) is 243 cm³/mol. The quantitative estimate of drug-likeness (QED) is 0.193. The van der Waals surface area contributed by atoms with Gasteiger partial charge >= 0.3 is 0 Å². The number of rotatable bonds is 4. The number of ketones is 2. The number of hydrogen-bond donors (Lipinski definition) is 1.